The van der Waals surface area contributed by atoms with Crippen molar-refractivity contribution in [2.24, 2.45) is 23.3 Å². The van der Waals surface area contributed by atoms with Crippen molar-refractivity contribution in [2.45, 2.75) is 38.1 Å². The maximum atomic E-state index is 14.1. The van der Waals surface area contributed by atoms with Crippen LogP contribution in [0.5, 0.6) is 0 Å². The summed E-state index contributed by atoms with van der Waals surface area (Å²) in [6.45, 7) is 4.46. The van der Waals surface area contributed by atoms with Gasteiger partial charge in [-0.05, 0) is 98.6 Å². The zero-order chi connectivity index (χ0) is 31.5. The summed E-state index contributed by atoms with van der Waals surface area (Å²) in [4.78, 5) is 55.8. The molecule has 1 saturated carbocycles. The Morgan fingerprint density at radius 3 is 2.44 bits per heavy atom. The highest BCUT2D eigenvalue weighted by molar-refractivity contribution is 6.17. The number of piperazine rings is 1. The Labute approximate surface area is 262 Å². The first-order valence-electron chi connectivity index (χ1n) is 15.8. The lowest BCUT2D eigenvalue weighted by atomic mass is 9.81. The number of nitrogens with one attached hydrogen (secondary N) is 2. The van der Waals surface area contributed by atoms with E-state index in [-0.39, 0.29) is 23.9 Å². The summed E-state index contributed by atoms with van der Waals surface area (Å²) in [5.74, 6) is 0.324. The van der Waals surface area contributed by atoms with Gasteiger partial charge in [0.05, 0.1) is 22.8 Å². The lowest BCUT2D eigenvalue weighted by Crippen LogP contribution is -2.50. The number of hydrogen-bond acceptors (Lipinski definition) is 8. The van der Waals surface area contributed by atoms with Crippen LogP contribution in [-0.2, 0) is 16.0 Å². The normalized spacial score (nSPS) is 19.8. The minimum Gasteiger partial charge on any atom is -0.354 e. The van der Waals surface area contributed by atoms with Crippen molar-refractivity contribution in [3.8, 4) is 11.1 Å². The van der Waals surface area contributed by atoms with Gasteiger partial charge >= 0.3 is 5.69 Å². The lowest BCUT2D eigenvalue weighted by Gasteiger charge is -2.33. The molecule has 11 heteroatoms. The van der Waals surface area contributed by atoms with Crippen LogP contribution < -0.4 is 27.0 Å². The van der Waals surface area contributed by atoms with Gasteiger partial charge in [0.1, 0.15) is 5.82 Å². The molecule has 1 saturated heterocycles. The summed E-state index contributed by atoms with van der Waals surface area (Å²) < 4.78 is 0. The third kappa shape index (κ3) is 6.85. The summed E-state index contributed by atoms with van der Waals surface area (Å²) in [5.41, 5.74) is 16.6. The van der Waals surface area contributed by atoms with Crippen molar-refractivity contribution in [1.29, 1.82) is 0 Å². The van der Waals surface area contributed by atoms with Crippen LogP contribution in [-0.4, -0.2) is 77.5 Å². The number of benzene rings is 2. The molecule has 45 heavy (non-hydrogen) atoms. The van der Waals surface area contributed by atoms with Crippen molar-refractivity contribution in [2.75, 3.05) is 49.6 Å². The molecule has 6 N–H and O–H groups in total. The summed E-state index contributed by atoms with van der Waals surface area (Å²) in [6, 6.07) is 16.2. The van der Waals surface area contributed by atoms with E-state index < -0.39 is 11.9 Å². The van der Waals surface area contributed by atoms with E-state index in [0.717, 1.165) is 61.5 Å². The highest BCUT2D eigenvalue weighted by Crippen LogP contribution is 2.32. The molecular weight excluding hydrogens is 568 g/mol. The molecule has 2 aromatic carbocycles. The molecule has 1 atom stereocenters. The van der Waals surface area contributed by atoms with Crippen LogP contribution in [0, 0.1) is 11.8 Å². The molecule has 2 aromatic heterocycles. The number of likely N-dealkylation sites (N-methyl/N-ethyl adjacent to an activating group) is 1. The highest BCUT2D eigenvalue weighted by Gasteiger charge is 2.35. The second kappa shape index (κ2) is 13.4. The Bertz CT molecular complexity index is 1720. The molecule has 236 valence electrons. The van der Waals surface area contributed by atoms with Gasteiger partial charge in [-0.2, -0.15) is 0 Å². The number of aromatic amines is 2. The number of carbonyl (C=O) groups is 2. The number of anilines is 2. The van der Waals surface area contributed by atoms with Crippen molar-refractivity contribution in [1.82, 2.24) is 19.9 Å². The minimum atomic E-state index is -0.955. The SMILES string of the molecule is CN1CCN(c2cc(-c3cccc(C[C@H](N)C(=O)N(C(=O)C4CCC(CN)CC4)c4ccc5[nH]c(=O)[nH]c5c4)c3)ccn2)CC1. The van der Waals surface area contributed by atoms with Gasteiger partial charge in [-0.25, -0.2) is 14.7 Å². The summed E-state index contributed by atoms with van der Waals surface area (Å²) in [6.07, 6.45) is 5.15. The summed E-state index contributed by atoms with van der Waals surface area (Å²) >= 11 is 0. The van der Waals surface area contributed by atoms with Gasteiger partial charge in [0.25, 0.3) is 5.91 Å². The number of imidazole rings is 1. The summed E-state index contributed by atoms with van der Waals surface area (Å²) in [7, 11) is 2.13. The third-order valence-corrected chi connectivity index (χ3v) is 9.33. The maximum absolute atomic E-state index is 14.1. The third-order valence-electron chi connectivity index (χ3n) is 9.33. The zero-order valence-corrected chi connectivity index (χ0v) is 25.7. The fourth-order valence-corrected chi connectivity index (χ4v) is 6.54. The predicted molar refractivity (Wildman–Crippen MR) is 177 cm³/mol. The Hall–Kier alpha value is -4.32. The minimum absolute atomic E-state index is 0.259. The van der Waals surface area contributed by atoms with Crippen LogP contribution in [0.1, 0.15) is 31.2 Å². The Morgan fingerprint density at radius 2 is 1.69 bits per heavy atom. The molecule has 4 aromatic rings. The second-order valence-corrected chi connectivity index (χ2v) is 12.5. The quantitative estimate of drug-likeness (QED) is 0.237. The molecule has 2 aliphatic rings. The van der Waals surface area contributed by atoms with Crippen LogP contribution in [0.4, 0.5) is 11.5 Å². The molecule has 0 radical (unpaired) electrons. The van der Waals surface area contributed by atoms with Crippen LogP contribution in [0.2, 0.25) is 0 Å². The monoisotopic (exact) mass is 610 g/mol. The van der Waals surface area contributed by atoms with E-state index in [1.165, 1.54) is 4.90 Å². The number of aromatic nitrogens is 3. The topological polar surface area (TPSA) is 157 Å². The second-order valence-electron chi connectivity index (χ2n) is 12.5. The Balaban J connectivity index is 1.23. The number of rotatable bonds is 8. The van der Waals surface area contributed by atoms with Gasteiger partial charge in [-0.1, -0.05) is 24.3 Å². The number of amides is 2. The molecule has 6 rings (SSSR count). The van der Waals surface area contributed by atoms with Gasteiger partial charge in [-0.3, -0.25) is 9.59 Å². The molecule has 11 nitrogen and oxygen atoms in total. The first-order valence-corrected chi connectivity index (χ1v) is 15.8. The lowest BCUT2D eigenvalue weighted by molar-refractivity contribution is -0.130. The van der Waals surface area contributed by atoms with Gasteiger partial charge in [-0.15, -0.1) is 0 Å². The fraction of sp³-hybridized carbons (Fsp3) is 0.412. The molecule has 3 heterocycles. The van der Waals surface area contributed by atoms with Gasteiger partial charge in [0.15, 0.2) is 0 Å². The number of hydrogen-bond donors (Lipinski definition) is 4. The number of imide groups is 1. The van der Waals surface area contributed by atoms with E-state index in [1.807, 2.05) is 36.5 Å². The number of nitrogens with two attached hydrogens (primary N) is 2. The average molecular weight is 611 g/mol. The first kappa shape index (κ1) is 30.7. The predicted octanol–water partition coefficient (Wildman–Crippen LogP) is 2.86. The van der Waals surface area contributed by atoms with Crippen LogP contribution >= 0.6 is 0 Å². The van der Waals surface area contributed by atoms with Crippen molar-refractivity contribution in [3.05, 3.63) is 76.8 Å². The number of H-pyrrole nitrogens is 2. The molecular formula is C34H42N8O3. The molecule has 1 aliphatic carbocycles. The smallest absolute Gasteiger partial charge is 0.323 e. The van der Waals surface area contributed by atoms with Gasteiger partial charge in [0.2, 0.25) is 5.91 Å². The zero-order valence-electron chi connectivity index (χ0n) is 25.7. The average Bonchev–Trinajstić information content (AvgIpc) is 3.44. The van der Waals surface area contributed by atoms with E-state index >= 15 is 0 Å². The first-order chi connectivity index (χ1) is 21.8. The van der Waals surface area contributed by atoms with Crippen LogP contribution in [0.15, 0.2) is 65.6 Å². The largest absolute Gasteiger partial charge is 0.354 e. The maximum Gasteiger partial charge on any atom is 0.323 e. The van der Waals surface area contributed by atoms with E-state index in [2.05, 4.69) is 37.9 Å². The molecule has 2 fully saturated rings. The van der Waals surface area contributed by atoms with Crippen LogP contribution in [0.3, 0.4) is 0 Å². The summed E-state index contributed by atoms with van der Waals surface area (Å²) in [5, 5.41) is 0. The van der Waals surface area contributed by atoms with E-state index in [0.29, 0.717) is 42.0 Å². The Kier molecular flexibility index (Phi) is 9.11. The van der Waals surface area contributed by atoms with Crippen molar-refractivity contribution < 1.29 is 9.59 Å². The van der Waals surface area contributed by atoms with E-state index in [9.17, 15) is 14.4 Å². The van der Waals surface area contributed by atoms with Crippen molar-refractivity contribution in [3.63, 3.8) is 0 Å². The Morgan fingerprint density at radius 1 is 0.956 bits per heavy atom. The number of fused-ring (bicyclic) bond motifs is 1. The van der Waals surface area contributed by atoms with Gasteiger partial charge in [0, 0.05) is 38.3 Å². The van der Waals surface area contributed by atoms with E-state index in [1.54, 1.807) is 18.2 Å². The number of carbonyl (C=O) groups excluding carboxylic acids is 2. The molecule has 2 amide bonds. The molecule has 0 bridgehead atoms. The highest BCUT2D eigenvalue weighted by atomic mass is 16.2. The fourth-order valence-electron chi connectivity index (χ4n) is 6.54. The van der Waals surface area contributed by atoms with E-state index in [4.69, 9.17) is 11.5 Å². The molecule has 0 spiro atoms. The molecule has 0 unspecified atom stereocenters. The number of nitrogens with zero attached hydrogens (tertiary/aromatic N) is 4. The van der Waals surface area contributed by atoms with Gasteiger partial charge < -0.3 is 31.2 Å². The molecule has 1 aliphatic heterocycles. The number of pyridine rings is 1. The van der Waals surface area contributed by atoms with Crippen molar-refractivity contribution >= 4 is 34.4 Å². The standard InChI is InChI=1S/C34H42N8O3/c1-40-13-15-41(16-14-40)31-19-26(11-12-37-31)25-4-2-3-23(17-25)18-28(36)33(44)42(32(43)24-7-5-22(21-35)6-8-24)27-9-10-29-30(20-27)39-34(45)38-29/h2-4,9-12,17,19-20,22,24,28H,5-8,13-16,18,21,35-36H2,1H3,(H2,38,39,45)/t22?,24?,28-/m0/s1. The van der Waals surface area contributed by atoms with Crippen LogP contribution in [0.25, 0.3) is 22.2 Å².